The van der Waals surface area contributed by atoms with Crippen molar-refractivity contribution in [3.63, 3.8) is 0 Å². The molecule has 0 aromatic carbocycles. The maximum atomic E-state index is 13.5. The first-order valence-corrected chi connectivity index (χ1v) is 39.0. The SMILES string of the molecule is CC[C@H](C)[C@@H](CN[C@@H](CCCN=C(N)N)CN1CCC[C@H]1CN[C@@H](CCCCN)CN[C@H](CN[C@@H](CCCCN)CNCC(=O)N[C@@H](CC(=O)O)C(=O)N[C@@H](CC(N)=O)C(=O)N[C@@H](CCC(N)=O)C(=O)O)CC(C)C)NC[C@H](CCCNC(=N)N)NC[C@H](CCCN=C(N)N)NC[C@H](CC(C)C)NCCN. The summed E-state index contributed by atoms with van der Waals surface area (Å²) < 4.78 is 0. The molecule has 0 aromatic heterocycles. The molecule has 1 fully saturated rings. The van der Waals surface area contributed by atoms with E-state index in [4.69, 9.17) is 62.7 Å². The average Bonchev–Trinajstić information content (AvgIpc) is 1.50. The zero-order valence-corrected chi connectivity index (χ0v) is 65.1. The molecule has 0 aliphatic carbocycles. The molecule has 5 amide bonds. The molecule has 13 atom stereocenters. The van der Waals surface area contributed by atoms with E-state index in [0.29, 0.717) is 76.2 Å². The van der Waals surface area contributed by atoms with E-state index in [1.165, 1.54) is 0 Å². The highest BCUT2D eigenvalue weighted by Crippen LogP contribution is 2.20. The summed E-state index contributed by atoms with van der Waals surface area (Å²) in [6.07, 6.45) is 12.8. The Labute approximate surface area is 631 Å². The molecule has 616 valence electrons. The standard InChI is InChI=1S/C70H147N27O9/c1-7-48(6)60(93-39-52(19-13-28-85-69(78)79)87-37-51(18-12-27-84-68(76)77)89-40-54(32-46(2)3)83-30-26-73)43-92-53(20-14-29-86-70(80)81)45-97-31-15-21-56(97)42-91-50(17-9-11-25-72)38-90-55(33-47(4)5)41-88-49(16-8-10-24-71)36-82-44-63(100)94-59(35-64(101)102)66(104)96-58(34-62(75)99)65(103)95-57(67(105)106)22-23-61(74)98/h46-60,82-83,87-93H,7-45,71-73H2,1-6H3,(H2,74,98)(H2,75,99)(H,94,100)(H,95,103)(H,96,104)(H,101,102)(H,105,106)(H4,76,77,84)(H4,78,79,85)(H4,80,81,86)/t48-,49-,50-,51-,52-,53-,54-,55-,56-,57-,58-,59-,60+/m0/s1. The van der Waals surface area contributed by atoms with Crippen LogP contribution in [0, 0.1) is 23.2 Å². The van der Waals surface area contributed by atoms with Gasteiger partial charge >= 0.3 is 11.9 Å². The quantitative estimate of drug-likeness (QED) is 0.0155. The van der Waals surface area contributed by atoms with Gasteiger partial charge in [-0.2, -0.15) is 0 Å². The maximum absolute atomic E-state index is 13.5. The third kappa shape index (κ3) is 50.3. The summed E-state index contributed by atoms with van der Waals surface area (Å²) in [5, 5.41) is 71.1. The van der Waals surface area contributed by atoms with Crippen LogP contribution in [0.3, 0.4) is 0 Å². The number of carboxylic acid groups (broad SMARTS) is 2. The van der Waals surface area contributed by atoms with E-state index in [1.54, 1.807) is 0 Å². The van der Waals surface area contributed by atoms with Gasteiger partial charge in [0.15, 0.2) is 17.9 Å². The Bertz CT molecular complexity index is 2480. The third-order valence-corrected chi connectivity index (χ3v) is 19.0. The number of aliphatic carboxylic acids is 2. The Morgan fingerprint density at radius 2 is 1.01 bits per heavy atom. The van der Waals surface area contributed by atoms with Crippen LogP contribution in [-0.2, 0) is 33.6 Å². The minimum atomic E-state index is -1.76. The molecule has 0 spiro atoms. The molecular formula is C70H147N27O9. The van der Waals surface area contributed by atoms with Crippen molar-refractivity contribution in [3.8, 4) is 0 Å². The number of amides is 5. The first-order valence-electron chi connectivity index (χ1n) is 39.0. The second-order valence-corrected chi connectivity index (χ2v) is 29.5. The number of aliphatic imine (C=N–C) groups is 2. The summed E-state index contributed by atoms with van der Waals surface area (Å²) in [5.41, 5.74) is 57.1. The highest BCUT2D eigenvalue weighted by Gasteiger charge is 2.33. The number of nitrogens with zero attached hydrogens (tertiary/aromatic N) is 3. The third-order valence-electron chi connectivity index (χ3n) is 19.0. The van der Waals surface area contributed by atoms with Crippen LogP contribution >= 0.6 is 0 Å². The average molecular weight is 1510 g/mol. The number of guanidine groups is 3. The minimum Gasteiger partial charge on any atom is -0.481 e. The van der Waals surface area contributed by atoms with Gasteiger partial charge in [0.1, 0.15) is 18.1 Å². The maximum Gasteiger partial charge on any atom is 0.326 e. The number of hydrogen-bond acceptors (Lipinski definition) is 23. The molecule has 106 heavy (non-hydrogen) atoms. The fraction of sp³-hybridized carbons (Fsp3) is 0.857. The summed E-state index contributed by atoms with van der Waals surface area (Å²) in [4.78, 5) is 98.3. The number of nitrogens with two attached hydrogens (primary N) is 10. The van der Waals surface area contributed by atoms with E-state index in [9.17, 15) is 43.8 Å². The lowest BCUT2D eigenvalue weighted by Gasteiger charge is -2.34. The Hall–Kier alpha value is -6.42. The lowest BCUT2D eigenvalue weighted by atomic mass is 9.97. The van der Waals surface area contributed by atoms with Crippen molar-refractivity contribution in [1.29, 1.82) is 5.41 Å². The summed E-state index contributed by atoms with van der Waals surface area (Å²) in [6, 6.07) is -3.75. The number of hydrogen-bond donors (Lipinski definition) is 26. The van der Waals surface area contributed by atoms with Crippen molar-refractivity contribution in [3.05, 3.63) is 0 Å². The van der Waals surface area contributed by atoms with Crippen molar-refractivity contribution in [2.24, 2.45) is 85.1 Å². The Kier molecular flexibility index (Phi) is 54.8. The van der Waals surface area contributed by atoms with Crippen LogP contribution in [0.1, 0.15) is 176 Å². The van der Waals surface area contributed by atoms with E-state index in [2.05, 4.69) is 126 Å². The summed E-state index contributed by atoms with van der Waals surface area (Å²) in [5.74, 6) is -6.50. The fourth-order valence-electron chi connectivity index (χ4n) is 13.0. The summed E-state index contributed by atoms with van der Waals surface area (Å²) in [6.45, 7) is 24.6. The van der Waals surface area contributed by atoms with E-state index >= 15 is 0 Å². The van der Waals surface area contributed by atoms with E-state index in [0.717, 1.165) is 168 Å². The van der Waals surface area contributed by atoms with Gasteiger partial charge in [-0.25, -0.2) is 4.79 Å². The van der Waals surface area contributed by atoms with Gasteiger partial charge in [0, 0.05) is 152 Å². The Morgan fingerprint density at radius 3 is 1.52 bits per heavy atom. The number of carbonyl (C=O) groups is 7. The molecule has 0 aromatic rings. The molecule has 1 aliphatic heterocycles. The van der Waals surface area contributed by atoms with Crippen LogP contribution < -0.4 is 126 Å². The van der Waals surface area contributed by atoms with Crippen molar-refractivity contribution in [2.45, 2.75) is 249 Å². The largest absolute Gasteiger partial charge is 0.481 e. The van der Waals surface area contributed by atoms with Crippen molar-refractivity contribution < 1.29 is 43.8 Å². The number of unbranched alkanes of at least 4 members (excludes halogenated alkanes) is 2. The van der Waals surface area contributed by atoms with Gasteiger partial charge in [0.2, 0.25) is 29.5 Å². The zero-order chi connectivity index (χ0) is 79.2. The number of rotatable bonds is 69. The molecule has 36 N–H and O–H groups in total. The number of primary amides is 2. The first-order chi connectivity index (χ1) is 50.5. The van der Waals surface area contributed by atoms with Gasteiger partial charge in [0.25, 0.3) is 0 Å². The predicted octanol–water partition coefficient (Wildman–Crippen LogP) is -4.41. The normalized spacial score (nSPS) is 16.7. The van der Waals surface area contributed by atoms with Gasteiger partial charge in [-0.3, -0.25) is 49.1 Å². The second kappa shape index (κ2) is 59.5. The van der Waals surface area contributed by atoms with Gasteiger partial charge in [-0.1, -0.05) is 60.8 Å². The van der Waals surface area contributed by atoms with Crippen molar-refractivity contribution >= 4 is 59.4 Å². The topological polar surface area (TPSA) is 628 Å². The Morgan fingerprint density at radius 1 is 0.519 bits per heavy atom. The highest BCUT2D eigenvalue weighted by molar-refractivity contribution is 5.97. The Balaban J connectivity index is 3.32. The summed E-state index contributed by atoms with van der Waals surface area (Å²) in [7, 11) is 0. The van der Waals surface area contributed by atoms with Crippen LogP contribution in [0.4, 0.5) is 0 Å². The van der Waals surface area contributed by atoms with Crippen LogP contribution in [0.25, 0.3) is 0 Å². The second-order valence-electron chi connectivity index (χ2n) is 29.5. The summed E-state index contributed by atoms with van der Waals surface area (Å²) >= 11 is 0. The lowest BCUT2D eigenvalue weighted by Crippen LogP contribution is -2.57. The van der Waals surface area contributed by atoms with Gasteiger partial charge in [0.05, 0.1) is 19.4 Å². The van der Waals surface area contributed by atoms with Crippen LogP contribution in [-0.4, -0.2) is 265 Å². The molecule has 0 radical (unpaired) electrons. The number of carboxylic acids is 2. The number of likely N-dealkylation sites (tertiary alicyclic amines) is 1. The first kappa shape index (κ1) is 97.6. The predicted molar refractivity (Wildman–Crippen MR) is 422 cm³/mol. The fourth-order valence-corrected chi connectivity index (χ4v) is 13.0. The van der Waals surface area contributed by atoms with Crippen molar-refractivity contribution in [1.82, 2.24) is 74.0 Å². The smallest absolute Gasteiger partial charge is 0.326 e. The zero-order valence-electron chi connectivity index (χ0n) is 65.1. The molecule has 0 saturated carbocycles. The molecule has 1 heterocycles. The number of nitrogens with one attached hydrogen (secondary N) is 14. The van der Waals surface area contributed by atoms with Gasteiger partial charge in [-0.15, -0.1) is 0 Å². The van der Waals surface area contributed by atoms with Crippen LogP contribution in [0.15, 0.2) is 9.98 Å². The van der Waals surface area contributed by atoms with Crippen LogP contribution in [0.5, 0.6) is 0 Å². The van der Waals surface area contributed by atoms with E-state index in [-0.39, 0.29) is 72.8 Å². The molecular weight excluding hydrogens is 1360 g/mol. The molecule has 0 bridgehead atoms. The van der Waals surface area contributed by atoms with Crippen molar-refractivity contribution in [2.75, 3.05) is 118 Å². The lowest BCUT2D eigenvalue weighted by molar-refractivity contribution is -0.143. The van der Waals surface area contributed by atoms with E-state index in [1.807, 2.05) is 0 Å². The highest BCUT2D eigenvalue weighted by atomic mass is 16.4. The minimum absolute atomic E-state index is 0.0400. The number of carbonyl (C=O) groups excluding carboxylic acids is 5. The monoisotopic (exact) mass is 1510 g/mol. The van der Waals surface area contributed by atoms with Gasteiger partial charge < -0.3 is 137 Å². The molecule has 1 aliphatic rings. The van der Waals surface area contributed by atoms with Crippen LogP contribution in [0.2, 0.25) is 0 Å². The molecule has 0 unspecified atom stereocenters. The molecule has 1 saturated heterocycles. The molecule has 1 rings (SSSR count). The van der Waals surface area contributed by atoms with Gasteiger partial charge in [-0.05, 0) is 134 Å². The molecule has 36 heteroatoms. The van der Waals surface area contributed by atoms with E-state index < -0.39 is 85.3 Å². The molecule has 36 nitrogen and oxygen atoms in total.